The number of methoxy groups -OCH3 is 1. The number of hydrogen-bond donors (Lipinski definition) is 0. The van der Waals surface area contributed by atoms with Crippen molar-refractivity contribution in [2.75, 3.05) is 7.11 Å². The van der Waals surface area contributed by atoms with E-state index in [2.05, 4.69) is 4.98 Å². The number of halogens is 1. The molecule has 0 atom stereocenters. The fraction of sp³-hybridized carbons (Fsp3) is 0.200. The van der Waals surface area contributed by atoms with Gasteiger partial charge in [0.2, 0.25) is 0 Å². The van der Waals surface area contributed by atoms with E-state index in [1.807, 2.05) is 6.07 Å². The standard InChI is InChI=1S/C15H14FNO2/c1-19-14-7-4-5-11(15(14)16)9-13(18)10-12-6-2-3-8-17-12/h2-8H,9-10H2,1H3. The Morgan fingerprint density at radius 1 is 1.21 bits per heavy atom. The third-order valence-electron chi connectivity index (χ3n) is 2.76. The minimum atomic E-state index is -0.473. The largest absolute Gasteiger partial charge is 0.494 e. The highest BCUT2D eigenvalue weighted by Gasteiger charge is 2.12. The quantitative estimate of drug-likeness (QED) is 0.828. The number of benzene rings is 1. The van der Waals surface area contributed by atoms with Gasteiger partial charge in [0, 0.05) is 24.7 Å². The number of carbonyl (C=O) groups is 1. The van der Waals surface area contributed by atoms with Crippen molar-refractivity contribution >= 4 is 5.78 Å². The first-order chi connectivity index (χ1) is 9.20. The molecule has 0 aliphatic rings. The fourth-order valence-corrected chi connectivity index (χ4v) is 1.83. The first-order valence-corrected chi connectivity index (χ1v) is 5.93. The van der Waals surface area contributed by atoms with Crippen LogP contribution in [0.4, 0.5) is 4.39 Å². The van der Waals surface area contributed by atoms with Crippen LogP contribution in [-0.4, -0.2) is 17.9 Å². The summed E-state index contributed by atoms with van der Waals surface area (Å²) in [5.41, 5.74) is 1.04. The smallest absolute Gasteiger partial charge is 0.168 e. The summed E-state index contributed by atoms with van der Waals surface area (Å²) in [4.78, 5) is 16.0. The minimum Gasteiger partial charge on any atom is -0.494 e. The highest BCUT2D eigenvalue weighted by molar-refractivity contribution is 5.82. The van der Waals surface area contributed by atoms with Crippen LogP contribution in [-0.2, 0) is 17.6 Å². The summed E-state index contributed by atoms with van der Waals surface area (Å²) in [6.07, 6.45) is 1.88. The molecule has 2 aromatic rings. The lowest BCUT2D eigenvalue weighted by Crippen LogP contribution is -2.09. The van der Waals surface area contributed by atoms with Crippen molar-refractivity contribution in [1.29, 1.82) is 0 Å². The second-order valence-corrected chi connectivity index (χ2v) is 4.15. The van der Waals surface area contributed by atoms with E-state index in [1.54, 1.807) is 30.5 Å². The summed E-state index contributed by atoms with van der Waals surface area (Å²) in [7, 11) is 1.40. The molecule has 0 aliphatic carbocycles. The zero-order valence-corrected chi connectivity index (χ0v) is 10.6. The van der Waals surface area contributed by atoms with E-state index in [0.29, 0.717) is 11.3 Å². The third-order valence-corrected chi connectivity index (χ3v) is 2.76. The minimum absolute atomic E-state index is 0.0413. The molecule has 0 saturated heterocycles. The molecule has 3 nitrogen and oxygen atoms in total. The van der Waals surface area contributed by atoms with Gasteiger partial charge in [-0.3, -0.25) is 9.78 Å². The summed E-state index contributed by atoms with van der Waals surface area (Å²) in [6, 6.07) is 10.2. The number of ether oxygens (including phenoxy) is 1. The molecule has 0 aliphatic heterocycles. The van der Waals surface area contributed by atoms with E-state index in [0.717, 1.165) is 0 Å². The Hall–Kier alpha value is -2.23. The van der Waals surface area contributed by atoms with E-state index in [-0.39, 0.29) is 24.4 Å². The molecular formula is C15H14FNO2. The molecule has 0 fully saturated rings. The number of carbonyl (C=O) groups excluding carboxylic acids is 1. The number of nitrogens with zero attached hydrogens (tertiary/aromatic N) is 1. The van der Waals surface area contributed by atoms with Crippen molar-refractivity contribution in [3.05, 3.63) is 59.7 Å². The van der Waals surface area contributed by atoms with Gasteiger partial charge in [-0.2, -0.15) is 0 Å². The van der Waals surface area contributed by atoms with Crippen LogP contribution in [0.1, 0.15) is 11.3 Å². The molecule has 0 saturated carbocycles. The van der Waals surface area contributed by atoms with Crippen LogP contribution in [0.3, 0.4) is 0 Å². The average molecular weight is 259 g/mol. The maximum Gasteiger partial charge on any atom is 0.168 e. The second kappa shape index (κ2) is 6.09. The Morgan fingerprint density at radius 2 is 2.05 bits per heavy atom. The number of aromatic nitrogens is 1. The molecule has 0 unspecified atom stereocenters. The normalized spacial score (nSPS) is 10.2. The molecule has 0 amide bonds. The van der Waals surface area contributed by atoms with E-state index >= 15 is 0 Å². The first kappa shape index (κ1) is 13.2. The van der Waals surface area contributed by atoms with Gasteiger partial charge in [-0.15, -0.1) is 0 Å². The fourth-order valence-electron chi connectivity index (χ4n) is 1.83. The first-order valence-electron chi connectivity index (χ1n) is 5.93. The average Bonchev–Trinajstić information content (AvgIpc) is 2.42. The van der Waals surface area contributed by atoms with E-state index < -0.39 is 5.82 Å². The van der Waals surface area contributed by atoms with Gasteiger partial charge in [0.05, 0.1) is 7.11 Å². The van der Waals surface area contributed by atoms with Crippen molar-refractivity contribution in [2.45, 2.75) is 12.8 Å². The van der Waals surface area contributed by atoms with Crippen LogP contribution >= 0.6 is 0 Å². The lowest BCUT2D eigenvalue weighted by Gasteiger charge is -2.06. The van der Waals surface area contributed by atoms with Crippen LogP contribution < -0.4 is 4.74 Å². The number of Topliss-reactive ketones (excluding diaryl/α,β-unsaturated/α-hetero) is 1. The lowest BCUT2D eigenvalue weighted by molar-refractivity contribution is -0.117. The molecule has 1 aromatic heterocycles. The summed E-state index contributed by atoms with van der Waals surface area (Å²) >= 11 is 0. The van der Waals surface area contributed by atoms with Gasteiger partial charge in [0.1, 0.15) is 5.78 Å². The number of rotatable bonds is 5. The van der Waals surface area contributed by atoms with Crippen molar-refractivity contribution in [2.24, 2.45) is 0 Å². The predicted molar refractivity (Wildman–Crippen MR) is 69.6 cm³/mol. The Morgan fingerprint density at radius 3 is 2.74 bits per heavy atom. The lowest BCUT2D eigenvalue weighted by atomic mass is 10.0. The molecule has 0 N–H and O–H groups in total. The molecule has 0 bridgehead atoms. The van der Waals surface area contributed by atoms with E-state index in [4.69, 9.17) is 4.74 Å². The van der Waals surface area contributed by atoms with Crippen molar-refractivity contribution in [3.63, 3.8) is 0 Å². The predicted octanol–water partition coefficient (Wildman–Crippen LogP) is 2.58. The Kier molecular flexibility index (Phi) is 4.23. The van der Waals surface area contributed by atoms with Gasteiger partial charge in [-0.1, -0.05) is 18.2 Å². The summed E-state index contributed by atoms with van der Waals surface area (Å²) in [5.74, 6) is -0.395. The molecule has 2 rings (SSSR count). The topological polar surface area (TPSA) is 39.2 Å². The molecule has 0 radical (unpaired) electrons. The molecule has 0 spiro atoms. The zero-order chi connectivity index (χ0) is 13.7. The van der Waals surface area contributed by atoms with Crippen LogP contribution in [0.25, 0.3) is 0 Å². The highest BCUT2D eigenvalue weighted by atomic mass is 19.1. The molecule has 98 valence electrons. The van der Waals surface area contributed by atoms with Crippen LogP contribution in [0, 0.1) is 5.82 Å². The number of hydrogen-bond acceptors (Lipinski definition) is 3. The van der Waals surface area contributed by atoms with E-state index in [1.165, 1.54) is 13.2 Å². The van der Waals surface area contributed by atoms with Gasteiger partial charge in [0.15, 0.2) is 11.6 Å². The van der Waals surface area contributed by atoms with Crippen molar-refractivity contribution < 1.29 is 13.9 Å². The molecule has 19 heavy (non-hydrogen) atoms. The van der Waals surface area contributed by atoms with Crippen LogP contribution in [0.2, 0.25) is 0 Å². The zero-order valence-electron chi connectivity index (χ0n) is 10.6. The molecule has 4 heteroatoms. The third kappa shape index (κ3) is 3.37. The maximum atomic E-state index is 13.9. The van der Waals surface area contributed by atoms with Crippen LogP contribution in [0.15, 0.2) is 42.6 Å². The monoisotopic (exact) mass is 259 g/mol. The highest BCUT2D eigenvalue weighted by Crippen LogP contribution is 2.20. The molecule has 1 aromatic carbocycles. The summed E-state index contributed by atoms with van der Waals surface area (Å²) in [5, 5.41) is 0. The van der Waals surface area contributed by atoms with Gasteiger partial charge in [-0.05, 0) is 23.8 Å². The second-order valence-electron chi connectivity index (χ2n) is 4.15. The number of ketones is 1. The number of pyridine rings is 1. The van der Waals surface area contributed by atoms with Gasteiger partial charge >= 0.3 is 0 Å². The Balaban J connectivity index is 2.07. The summed E-state index contributed by atoms with van der Waals surface area (Å²) < 4.78 is 18.8. The maximum absolute atomic E-state index is 13.9. The van der Waals surface area contributed by atoms with Crippen molar-refractivity contribution in [1.82, 2.24) is 4.98 Å². The summed E-state index contributed by atoms with van der Waals surface area (Å²) in [6.45, 7) is 0. The molecular weight excluding hydrogens is 245 g/mol. The van der Waals surface area contributed by atoms with Gasteiger partial charge in [0.25, 0.3) is 0 Å². The SMILES string of the molecule is COc1cccc(CC(=O)Cc2ccccn2)c1F. The van der Waals surface area contributed by atoms with Crippen molar-refractivity contribution in [3.8, 4) is 5.75 Å². The van der Waals surface area contributed by atoms with Crippen LogP contribution in [0.5, 0.6) is 5.75 Å². The Labute approximate surface area is 111 Å². The Bertz CT molecular complexity index is 570. The van der Waals surface area contributed by atoms with Gasteiger partial charge in [-0.25, -0.2) is 4.39 Å². The van der Waals surface area contributed by atoms with E-state index in [9.17, 15) is 9.18 Å². The molecule has 1 heterocycles. The van der Waals surface area contributed by atoms with Gasteiger partial charge < -0.3 is 4.74 Å².